The van der Waals surface area contributed by atoms with E-state index in [2.05, 4.69) is 46.4 Å². The quantitative estimate of drug-likeness (QED) is 0.699. The molecule has 0 fully saturated rings. The van der Waals surface area contributed by atoms with Crippen molar-refractivity contribution >= 4 is 34.7 Å². The number of hydrogen-bond acceptors (Lipinski definition) is 4. The molecule has 1 N–H and O–H groups in total. The third-order valence-corrected chi connectivity index (χ3v) is 4.73. The summed E-state index contributed by atoms with van der Waals surface area (Å²) in [5, 5.41) is 3.97. The Bertz CT molecular complexity index is 925. The normalized spacial score (nSPS) is 16.0. The van der Waals surface area contributed by atoms with Crippen molar-refractivity contribution in [3.8, 4) is 0 Å². The molecular weight excluding hydrogens is 332 g/mol. The number of nitrogens with zero attached hydrogens (tertiary/aromatic N) is 3. The molecule has 3 aromatic rings. The van der Waals surface area contributed by atoms with Gasteiger partial charge in [-0.05, 0) is 44.0 Å². The van der Waals surface area contributed by atoms with E-state index in [1.807, 2.05) is 37.3 Å². The second-order valence-electron chi connectivity index (χ2n) is 6.35. The number of aryl methyl sites for hydroxylation is 1. The first-order valence-electron chi connectivity index (χ1n) is 8.36. The van der Waals surface area contributed by atoms with Gasteiger partial charge in [0.2, 0.25) is 5.95 Å². The number of para-hydroxylation sites is 2. The fraction of sp³-hybridized carbons (Fsp3) is 0.200. The van der Waals surface area contributed by atoms with Crippen LogP contribution in [0.15, 0.2) is 54.6 Å². The van der Waals surface area contributed by atoms with Gasteiger partial charge in [0.15, 0.2) is 0 Å². The van der Waals surface area contributed by atoms with Gasteiger partial charge in [-0.2, -0.15) is 4.98 Å². The van der Waals surface area contributed by atoms with Gasteiger partial charge in [-0.3, -0.25) is 0 Å². The molecule has 1 aromatic heterocycles. The Morgan fingerprint density at radius 2 is 1.84 bits per heavy atom. The van der Waals surface area contributed by atoms with E-state index in [0.717, 1.165) is 23.6 Å². The van der Waals surface area contributed by atoms with Crippen molar-refractivity contribution in [1.29, 1.82) is 0 Å². The largest absolute Gasteiger partial charge is 0.339 e. The average Bonchev–Trinajstić information content (AvgIpc) is 2.92. The van der Waals surface area contributed by atoms with E-state index < -0.39 is 0 Å². The lowest BCUT2D eigenvalue weighted by Gasteiger charge is -2.23. The molecule has 1 aliphatic heterocycles. The maximum atomic E-state index is 6.25. The molecular formula is C20H19ClN4. The molecule has 25 heavy (non-hydrogen) atoms. The van der Waals surface area contributed by atoms with Gasteiger partial charge in [0, 0.05) is 23.5 Å². The van der Waals surface area contributed by atoms with Crippen LogP contribution in [0.2, 0.25) is 5.02 Å². The molecule has 0 aliphatic carbocycles. The van der Waals surface area contributed by atoms with Gasteiger partial charge in [-0.25, -0.2) is 4.98 Å². The molecule has 0 saturated carbocycles. The molecule has 1 aliphatic rings. The number of nitrogens with one attached hydrogen (secondary N) is 1. The van der Waals surface area contributed by atoms with E-state index in [1.165, 1.54) is 11.3 Å². The van der Waals surface area contributed by atoms with Crippen molar-refractivity contribution in [3.63, 3.8) is 0 Å². The topological polar surface area (TPSA) is 41.1 Å². The van der Waals surface area contributed by atoms with E-state index in [9.17, 15) is 0 Å². The number of hydrogen-bond donors (Lipinski definition) is 1. The lowest BCUT2D eigenvalue weighted by Crippen LogP contribution is -2.26. The standard InChI is InChI=1S/C20H19ClN4/c1-13-11-19(23-17-9-5-4-8-16(17)21)24-20(22-13)25-14(2)12-15-7-3-6-10-18(15)25/h3-11,14H,12H2,1-2H3,(H,22,23,24). The lowest BCUT2D eigenvalue weighted by molar-refractivity contribution is 0.738. The second-order valence-corrected chi connectivity index (χ2v) is 6.76. The van der Waals surface area contributed by atoms with Crippen molar-refractivity contribution in [2.45, 2.75) is 26.3 Å². The van der Waals surface area contributed by atoms with Crippen LogP contribution in [0.3, 0.4) is 0 Å². The molecule has 1 unspecified atom stereocenters. The summed E-state index contributed by atoms with van der Waals surface area (Å²) in [4.78, 5) is 11.6. The Balaban J connectivity index is 1.72. The molecule has 0 radical (unpaired) electrons. The fourth-order valence-corrected chi connectivity index (χ4v) is 3.48. The van der Waals surface area contributed by atoms with Gasteiger partial charge < -0.3 is 10.2 Å². The zero-order valence-electron chi connectivity index (χ0n) is 14.2. The minimum Gasteiger partial charge on any atom is -0.339 e. The zero-order chi connectivity index (χ0) is 17.4. The van der Waals surface area contributed by atoms with Crippen LogP contribution in [0, 0.1) is 6.92 Å². The summed E-state index contributed by atoms with van der Waals surface area (Å²) in [7, 11) is 0. The summed E-state index contributed by atoms with van der Waals surface area (Å²) >= 11 is 6.25. The maximum Gasteiger partial charge on any atom is 0.232 e. The van der Waals surface area contributed by atoms with Crippen LogP contribution in [0.25, 0.3) is 0 Å². The number of benzene rings is 2. The molecule has 4 rings (SSSR count). The molecule has 126 valence electrons. The molecule has 0 bridgehead atoms. The number of anilines is 4. The van der Waals surface area contributed by atoms with E-state index in [0.29, 0.717) is 17.0 Å². The van der Waals surface area contributed by atoms with Gasteiger partial charge in [0.05, 0.1) is 10.7 Å². The number of rotatable bonds is 3. The Labute approximate surface area is 152 Å². The highest BCUT2D eigenvalue weighted by molar-refractivity contribution is 6.33. The molecule has 5 heteroatoms. The zero-order valence-corrected chi connectivity index (χ0v) is 15.0. The molecule has 1 atom stereocenters. The summed E-state index contributed by atoms with van der Waals surface area (Å²) in [5.41, 5.74) is 4.27. The summed E-state index contributed by atoms with van der Waals surface area (Å²) in [5.74, 6) is 1.46. The van der Waals surface area contributed by atoms with Gasteiger partial charge in [0.1, 0.15) is 5.82 Å². The Morgan fingerprint density at radius 3 is 2.68 bits per heavy atom. The minimum absolute atomic E-state index is 0.326. The molecule has 0 saturated heterocycles. The highest BCUT2D eigenvalue weighted by Crippen LogP contribution is 2.37. The highest BCUT2D eigenvalue weighted by atomic mass is 35.5. The average molecular weight is 351 g/mol. The van der Waals surface area contributed by atoms with Gasteiger partial charge in [-0.1, -0.05) is 41.9 Å². The van der Waals surface area contributed by atoms with Crippen LogP contribution in [-0.2, 0) is 6.42 Å². The summed E-state index contributed by atoms with van der Waals surface area (Å²) < 4.78 is 0. The minimum atomic E-state index is 0.326. The van der Waals surface area contributed by atoms with Gasteiger partial charge >= 0.3 is 0 Å². The van der Waals surface area contributed by atoms with Crippen LogP contribution >= 0.6 is 11.6 Å². The van der Waals surface area contributed by atoms with E-state index in [1.54, 1.807) is 0 Å². The number of halogens is 1. The molecule has 0 amide bonds. The molecule has 2 aromatic carbocycles. The first kappa shape index (κ1) is 15.9. The van der Waals surface area contributed by atoms with Gasteiger partial charge in [0.25, 0.3) is 0 Å². The summed E-state index contributed by atoms with van der Waals surface area (Å²) in [6, 6.07) is 18.3. The van der Waals surface area contributed by atoms with Crippen LogP contribution in [0.4, 0.5) is 23.1 Å². The first-order chi connectivity index (χ1) is 12.1. The Morgan fingerprint density at radius 1 is 1.08 bits per heavy atom. The maximum absolute atomic E-state index is 6.25. The molecule has 4 nitrogen and oxygen atoms in total. The van der Waals surface area contributed by atoms with Crippen LogP contribution in [0.1, 0.15) is 18.2 Å². The fourth-order valence-electron chi connectivity index (χ4n) is 3.30. The van der Waals surface area contributed by atoms with E-state index in [-0.39, 0.29) is 0 Å². The third kappa shape index (κ3) is 3.05. The van der Waals surface area contributed by atoms with E-state index >= 15 is 0 Å². The molecule has 0 spiro atoms. The van der Waals surface area contributed by atoms with Crippen LogP contribution < -0.4 is 10.2 Å². The summed E-state index contributed by atoms with van der Waals surface area (Å²) in [6.45, 7) is 4.18. The van der Waals surface area contributed by atoms with Gasteiger partial charge in [-0.15, -0.1) is 0 Å². The van der Waals surface area contributed by atoms with Crippen molar-refractivity contribution < 1.29 is 0 Å². The monoisotopic (exact) mass is 350 g/mol. The lowest BCUT2D eigenvalue weighted by atomic mass is 10.1. The predicted octanol–water partition coefficient (Wildman–Crippen LogP) is 5.26. The SMILES string of the molecule is Cc1cc(Nc2ccccc2Cl)nc(N2c3ccccc3CC2C)n1. The van der Waals surface area contributed by atoms with Crippen LogP contribution in [0.5, 0.6) is 0 Å². The number of fused-ring (bicyclic) bond motifs is 1. The van der Waals surface area contributed by atoms with Crippen molar-refractivity contribution in [2.24, 2.45) is 0 Å². The molecule has 2 heterocycles. The predicted molar refractivity (Wildman–Crippen MR) is 103 cm³/mol. The van der Waals surface area contributed by atoms with Crippen LogP contribution in [-0.4, -0.2) is 16.0 Å². The smallest absolute Gasteiger partial charge is 0.232 e. The second kappa shape index (κ2) is 6.37. The highest BCUT2D eigenvalue weighted by Gasteiger charge is 2.29. The van der Waals surface area contributed by atoms with Crippen molar-refractivity contribution in [1.82, 2.24) is 9.97 Å². The van der Waals surface area contributed by atoms with Crippen molar-refractivity contribution in [2.75, 3.05) is 10.2 Å². The number of aromatic nitrogens is 2. The summed E-state index contributed by atoms with van der Waals surface area (Å²) in [6.07, 6.45) is 1.00. The first-order valence-corrected chi connectivity index (χ1v) is 8.74. The Hall–Kier alpha value is -2.59. The third-order valence-electron chi connectivity index (χ3n) is 4.40. The van der Waals surface area contributed by atoms with E-state index in [4.69, 9.17) is 16.6 Å². The Kier molecular flexibility index (Phi) is 4.06. The van der Waals surface area contributed by atoms with Crippen molar-refractivity contribution in [3.05, 3.63) is 70.9 Å².